The third-order valence-corrected chi connectivity index (χ3v) is 2.50. The van der Waals surface area contributed by atoms with Crippen molar-refractivity contribution in [1.29, 1.82) is 0 Å². The quantitative estimate of drug-likeness (QED) is 0.909. The number of rotatable bonds is 3. The van der Waals surface area contributed by atoms with Crippen molar-refractivity contribution in [2.45, 2.75) is 0 Å². The van der Waals surface area contributed by atoms with Gasteiger partial charge in [-0.1, -0.05) is 16.8 Å². The van der Waals surface area contributed by atoms with E-state index >= 15 is 0 Å². The largest absolute Gasteiger partial charge is 0.475 e. The minimum atomic E-state index is -1.41. The van der Waals surface area contributed by atoms with Gasteiger partial charge < -0.3 is 14.9 Å². The number of carboxylic acids is 1. The number of aromatic carboxylic acids is 1. The van der Waals surface area contributed by atoms with Crippen molar-refractivity contribution in [2.24, 2.45) is 0 Å². The van der Waals surface area contributed by atoms with Crippen LogP contribution in [-0.4, -0.2) is 22.1 Å². The SMILES string of the molecule is O=C(Nc1c(F)cc(F)cc1Cl)c1cc(C(=O)O)on1. The minimum Gasteiger partial charge on any atom is -0.475 e. The molecule has 0 saturated heterocycles. The van der Waals surface area contributed by atoms with Gasteiger partial charge in [-0.3, -0.25) is 4.79 Å². The van der Waals surface area contributed by atoms with Gasteiger partial charge in [0.1, 0.15) is 5.82 Å². The summed E-state index contributed by atoms with van der Waals surface area (Å²) in [6, 6.07) is 2.20. The Hall–Kier alpha value is -2.48. The summed E-state index contributed by atoms with van der Waals surface area (Å²) in [5.74, 6) is -4.90. The summed E-state index contributed by atoms with van der Waals surface area (Å²) in [5.41, 5.74) is -0.833. The van der Waals surface area contributed by atoms with Crippen molar-refractivity contribution < 1.29 is 28.0 Å². The number of halogens is 3. The van der Waals surface area contributed by atoms with Crippen LogP contribution in [0.25, 0.3) is 0 Å². The lowest BCUT2D eigenvalue weighted by Gasteiger charge is -2.06. The number of benzene rings is 1. The monoisotopic (exact) mass is 302 g/mol. The molecule has 0 unspecified atom stereocenters. The zero-order chi connectivity index (χ0) is 14.9. The van der Waals surface area contributed by atoms with Crippen LogP contribution in [0.15, 0.2) is 22.7 Å². The van der Waals surface area contributed by atoms with E-state index in [2.05, 4.69) is 9.68 Å². The molecule has 2 N–H and O–H groups in total. The van der Waals surface area contributed by atoms with E-state index in [4.69, 9.17) is 16.7 Å². The van der Waals surface area contributed by atoms with E-state index < -0.39 is 35.0 Å². The predicted octanol–water partition coefficient (Wildman–Crippen LogP) is 2.56. The van der Waals surface area contributed by atoms with Crippen molar-refractivity contribution in [3.63, 3.8) is 0 Å². The molecule has 0 saturated carbocycles. The first-order chi connectivity index (χ1) is 9.38. The van der Waals surface area contributed by atoms with Gasteiger partial charge in [-0.2, -0.15) is 0 Å². The van der Waals surface area contributed by atoms with Gasteiger partial charge >= 0.3 is 5.97 Å². The Kier molecular flexibility index (Phi) is 3.66. The number of hydrogen-bond donors (Lipinski definition) is 2. The first-order valence-electron chi connectivity index (χ1n) is 5.04. The van der Waals surface area contributed by atoms with E-state index in [0.717, 1.165) is 12.1 Å². The van der Waals surface area contributed by atoms with Gasteiger partial charge in [-0.25, -0.2) is 13.6 Å². The molecule has 2 aromatic rings. The number of nitrogens with one attached hydrogen (secondary N) is 1. The van der Waals surface area contributed by atoms with Crippen LogP contribution in [0.5, 0.6) is 0 Å². The van der Waals surface area contributed by atoms with Crippen molar-refractivity contribution in [3.05, 3.63) is 46.3 Å². The Morgan fingerprint density at radius 3 is 2.55 bits per heavy atom. The van der Waals surface area contributed by atoms with Crippen LogP contribution in [-0.2, 0) is 0 Å². The normalized spacial score (nSPS) is 10.3. The third kappa shape index (κ3) is 2.75. The second-order valence-corrected chi connectivity index (χ2v) is 3.99. The highest BCUT2D eigenvalue weighted by Crippen LogP contribution is 2.26. The highest BCUT2D eigenvalue weighted by Gasteiger charge is 2.19. The van der Waals surface area contributed by atoms with Crippen LogP contribution in [0.2, 0.25) is 5.02 Å². The lowest BCUT2D eigenvalue weighted by molar-refractivity contribution is 0.0651. The van der Waals surface area contributed by atoms with Crippen molar-refractivity contribution >= 4 is 29.2 Å². The van der Waals surface area contributed by atoms with Crippen LogP contribution in [0.3, 0.4) is 0 Å². The van der Waals surface area contributed by atoms with Crippen molar-refractivity contribution in [1.82, 2.24) is 5.16 Å². The van der Waals surface area contributed by atoms with E-state index in [1.54, 1.807) is 0 Å². The molecule has 0 aliphatic carbocycles. The van der Waals surface area contributed by atoms with Crippen LogP contribution in [0.1, 0.15) is 21.0 Å². The first-order valence-corrected chi connectivity index (χ1v) is 5.42. The summed E-state index contributed by atoms with van der Waals surface area (Å²) >= 11 is 5.59. The molecule has 0 atom stereocenters. The molecule has 1 amide bonds. The fraction of sp³-hybridized carbons (Fsp3) is 0. The van der Waals surface area contributed by atoms with Gasteiger partial charge in [0.2, 0.25) is 5.76 Å². The molecule has 1 aromatic heterocycles. The molecule has 0 radical (unpaired) electrons. The number of aromatic nitrogens is 1. The molecule has 0 spiro atoms. The molecule has 0 aliphatic heterocycles. The van der Waals surface area contributed by atoms with Gasteiger partial charge in [0.15, 0.2) is 11.5 Å². The molecule has 9 heteroatoms. The zero-order valence-electron chi connectivity index (χ0n) is 9.49. The lowest BCUT2D eigenvalue weighted by atomic mass is 10.2. The highest BCUT2D eigenvalue weighted by molar-refractivity contribution is 6.34. The second-order valence-electron chi connectivity index (χ2n) is 3.58. The van der Waals surface area contributed by atoms with Gasteiger partial charge in [-0.15, -0.1) is 0 Å². The van der Waals surface area contributed by atoms with Crippen LogP contribution >= 0.6 is 11.6 Å². The Morgan fingerprint density at radius 2 is 2.00 bits per heavy atom. The van der Waals surface area contributed by atoms with Crippen molar-refractivity contribution in [2.75, 3.05) is 5.32 Å². The number of amides is 1. The molecule has 2 rings (SSSR count). The van der Waals surface area contributed by atoms with E-state index in [1.165, 1.54) is 0 Å². The minimum absolute atomic E-state index is 0.349. The second kappa shape index (κ2) is 5.25. The number of carboxylic acid groups (broad SMARTS) is 1. The van der Waals surface area contributed by atoms with Gasteiger partial charge in [-0.05, 0) is 6.07 Å². The van der Waals surface area contributed by atoms with E-state index in [9.17, 15) is 18.4 Å². The molecule has 6 nitrogen and oxygen atoms in total. The lowest BCUT2D eigenvalue weighted by Crippen LogP contribution is -2.14. The maximum Gasteiger partial charge on any atom is 0.374 e. The number of carbonyl (C=O) groups excluding carboxylic acids is 1. The molecule has 0 fully saturated rings. The number of hydrogen-bond acceptors (Lipinski definition) is 4. The number of carbonyl (C=O) groups is 2. The maximum atomic E-state index is 13.4. The summed E-state index contributed by atoms with van der Waals surface area (Å²) in [6.45, 7) is 0. The summed E-state index contributed by atoms with van der Waals surface area (Å²) in [6.07, 6.45) is 0. The summed E-state index contributed by atoms with van der Waals surface area (Å²) in [4.78, 5) is 22.2. The van der Waals surface area contributed by atoms with E-state index in [-0.39, 0.29) is 10.7 Å². The smallest absolute Gasteiger partial charge is 0.374 e. The Morgan fingerprint density at radius 1 is 1.30 bits per heavy atom. The number of nitrogens with zero attached hydrogens (tertiary/aromatic N) is 1. The van der Waals surface area contributed by atoms with Gasteiger partial charge in [0, 0.05) is 12.1 Å². The van der Waals surface area contributed by atoms with Gasteiger partial charge in [0.25, 0.3) is 5.91 Å². The predicted molar refractivity (Wildman–Crippen MR) is 62.8 cm³/mol. The Labute approximate surface area is 114 Å². The fourth-order valence-electron chi connectivity index (χ4n) is 1.32. The molecule has 0 aliphatic rings. The van der Waals surface area contributed by atoms with E-state index in [1.807, 2.05) is 5.32 Å². The zero-order valence-corrected chi connectivity index (χ0v) is 10.2. The van der Waals surface area contributed by atoms with Crippen molar-refractivity contribution in [3.8, 4) is 0 Å². The standard InChI is InChI=1S/C11H5ClF2N2O4/c12-5-1-4(13)2-6(14)9(5)15-10(17)7-3-8(11(18)19)20-16-7/h1-3H,(H,15,17)(H,18,19). The summed E-state index contributed by atoms with van der Waals surface area (Å²) in [7, 11) is 0. The maximum absolute atomic E-state index is 13.4. The molecule has 0 bridgehead atoms. The van der Waals surface area contributed by atoms with Crippen LogP contribution in [0, 0.1) is 11.6 Å². The summed E-state index contributed by atoms with van der Waals surface area (Å²) < 4.78 is 30.6. The summed E-state index contributed by atoms with van der Waals surface area (Å²) in [5, 5.41) is 13.5. The van der Waals surface area contributed by atoms with E-state index in [0.29, 0.717) is 6.07 Å². The molecule has 1 heterocycles. The number of anilines is 1. The average Bonchev–Trinajstić information content (AvgIpc) is 2.83. The fourth-order valence-corrected chi connectivity index (χ4v) is 1.56. The molecular formula is C11H5ClF2N2O4. The third-order valence-electron chi connectivity index (χ3n) is 2.20. The molecule has 1 aromatic carbocycles. The first kappa shape index (κ1) is 13.9. The molecular weight excluding hydrogens is 298 g/mol. The topological polar surface area (TPSA) is 92.4 Å². The molecule has 20 heavy (non-hydrogen) atoms. The molecule has 104 valence electrons. The average molecular weight is 303 g/mol. The Bertz CT molecular complexity index is 678. The highest BCUT2D eigenvalue weighted by atomic mass is 35.5. The van der Waals surface area contributed by atoms with Crippen LogP contribution in [0.4, 0.5) is 14.5 Å². The Balaban J connectivity index is 2.25. The van der Waals surface area contributed by atoms with Gasteiger partial charge in [0.05, 0.1) is 10.7 Å². The van der Waals surface area contributed by atoms with Crippen LogP contribution < -0.4 is 5.32 Å².